The fourth-order valence-electron chi connectivity index (χ4n) is 4.67. The van der Waals surface area contributed by atoms with Crippen LogP contribution in [0.1, 0.15) is 25.5 Å². The van der Waals surface area contributed by atoms with Crippen LogP contribution in [-0.2, 0) is 18.3 Å². The van der Waals surface area contributed by atoms with Crippen LogP contribution < -0.4 is 4.90 Å². The molecule has 3 fully saturated rings. The number of hydrogen-bond acceptors (Lipinski definition) is 10. The van der Waals surface area contributed by atoms with Gasteiger partial charge >= 0.3 is 7.82 Å². The number of aromatic nitrogens is 4. The van der Waals surface area contributed by atoms with Gasteiger partial charge in [-0.3, -0.25) is 13.6 Å². The molecule has 0 bridgehead atoms. The number of aliphatic hydroxyl groups is 1. The summed E-state index contributed by atoms with van der Waals surface area (Å²) in [6.45, 7) is 1.58. The Balaban J connectivity index is 1.45. The molecule has 0 aliphatic carbocycles. The highest BCUT2D eigenvalue weighted by molar-refractivity contribution is 7.99. The zero-order chi connectivity index (χ0) is 24.2. The third kappa shape index (κ3) is 4.47. The lowest BCUT2D eigenvalue weighted by molar-refractivity contribution is -0.0684. The van der Waals surface area contributed by atoms with E-state index in [0.717, 1.165) is 36.6 Å². The number of fused-ring (bicyclic) bond motifs is 2. The van der Waals surface area contributed by atoms with Crippen molar-refractivity contribution in [3.05, 3.63) is 35.6 Å². The Morgan fingerprint density at radius 3 is 2.69 bits per heavy atom. The molecule has 11 nitrogen and oxygen atoms in total. The second-order valence-corrected chi connectivity index (χ2v) is 11.5. The van der Waals surface area contributed by atoms with Crippen molar-refractivity contribution in [2.24, 2.45) is 0 Å². The predicted molar refractivity (Wildman–Crippen MR) is 128 cm³/mol. The second-order valence-electron chi connectivity index (χ2n) is 8.63. The number of piperidine rings is 1. The molecule has 2 N–H and O–H groups in total. The molecule has 14 heteroatoms. The van der Waals surface area contributed by atoms with Gasteiger partial charge in [0.2, 0.25) is 0 Å². The van der Waals surface area contributed by atoms with Crippen molar-refractivity contribution in [1.82, 2.24) is 19.5 Å². The number of phosphoric ester groups is 1. The van der Waals surface area contributed by atoms with Gasteiger partial charge in [-0.25, -0.2) is 19.5 Å². The molecule has 5 atom stereocenters. The average molecular weight is 540 g/mol. The first kappa shape index (κ1) is 23.6. The van der Waals surface area contributed by atoms with E-state index in [1.807, 2.05) is 12.1 Å². The van der Waals surface area contributed by atoms with Crippen LogP contribution in [-0.4, -0.2) is 67.5 Å². The fraction of sp³-hybridized carbons (Fsp3) is 0.476. The van der Waals surface area contributed by atoms with Crippen molar-refractivity contribution >= 4 is 48.2 Å². The van der Waals surface area contributed by atoms with Gasteiger partial charge in [0.25, 0.3) is 0 Å². The summed E-state index contributed by atoms with van der Waals surface area (Å²) < 4.78 is 29.8. The molecule has 0 spiro atoms. The first-order valence-electron chi connectivity index (χ1n) is 11.3. The lowest BCUT2D eigenvalue weighted by atomic mass is 10.1. The maximum atomic E-state index is 12.0. The molecule has 0 amide bonds. The monoisotopic (exact) mass is 539 g/mol. The molecule has 0 radical (unpaired) electrons. The van der Waals surface area contributed by atoms with Crippen LogP contribution in [0.4, 0.5) is 5.82 Å². The maximum Gasteiger partial charge on any atom is 0.472 e. The molecule has 5 heterocycles. The molecule has 2 aromatic heterocycles. The minimum atomic E-state index is -4.26. The number of nitrogens with zero attached hydrogens (tertiary/aromatic N) is 5. The number of anilines is 1. The van der Waals surface area contributed by atoms with Crippen LogP contribution >= 0.6 is 31.2 Å². The lowest BCUT2D eigenvalue weighted by Gasteiger charge is -2.28. The summed E-state index contributed by atoms with van der Waals surface area (Å²) >= 11 is 7.42. The zero-order valence-electron chi connectivity index (χ0n) is 18.4. The number of aliphatic hydroxyl groups excluding tert-OH is 1. The number of hydrogen-bond donors (Lipinski definition) is 2. The Kier molecular flexibility index (Phi) is 6.26. The molecule has 3 saturated heterocycles. The largest absolute Gasteiger partial charge is 0.472 e. The van der Waals surface area contributed by atoms with Gasteiger partial charge in [0.05, 0.1) is 6.61 Å². The summed E-state index contributed by atoms with van der Waals surface area (Å²) in [6.07, 6.45) is 0.846. The van der Waals surface area contributed by atoms with Gasteiger partial charge in [-0.2, -0.15) is 0 Å². The molecule has 3 aromatic rings. The van der Waals surface area contributed by atoms with Crippen molar-refractivity contribution in [3.63, 3.8) is 0 Å². The van der Waals surface area contributed by atoms with Gasteiger partial charge in [-0.05, 0) is 43.5 Å². The highest BCUT2D eigenvalue weighted by atomic mass is 35.5. The number of ether oxygens (including phenoxy) is 1. The highest BCUT2D eigenvalue weighted by Gasteiger charge is 2.53. The molecule has 6 rings (SSSR count). The minimum absolute atomic E-state index is 0.174. The fourth-order valence-corrected chi connectivity index (χ4v) is 6.67. The molecular formula is C21H23ClN5O6PS. The Morgan fingerprint density at radius 2 is 1.91 bits per heavy atom. The number of halogens is 1. The summed E-state index contributed by atoms with van der Waals surface area (Å²) in [4.78, 5) is 26.8. The Labute approximate surface area is 210 Å². The number of rotatable bonds is 4. The minimum Gasteiger partial charge on any atom is -0.386 e. The van der Waals surface area contributed by atoms with Gasteiger partial charge < -0.3 is 19.6 Å². The number of benzene rings is 1. The molecule has 186 valence electrons. The second kappa shape index (κ2) is 9.28. The summed E-state index contributed by atoms with van der Waals surface area (Å²) in [7, 11) is -4.26. The van der Waals surface area contributed by atoms with E-state index in [1.54, 1.807) is 16.7 Å². The molecule has 3 aliphatic heterocycles. The predicted octanol–water partition coefficient (Wildman–Crippen LogP) is 3.40. The van der Waals surface area contributed by atoms with E-state index < -0.39 is 32.4 Å². The van der Waals surface area contributed by atoms with E-state index in [0.29, 0.717) is 21.3 Å². The normalized spacial score (nSPS) is 31.1. The van der Waals surface area contributed by atoms with Crippen LogP contribution in [0.3, 0.4) is 0 Å². The maximum absolute atomic E-state index is 12.0. The summed E-state index contributed by atoms with van der Waals surface area (Å²) in [5, 5.41) is 12.3. The first-order valence-corrected chi connectivity index (χ1v) is 14.0. The first-order chi connectivity index (χ1) is 16.9. The van der Waals surface area contributed by atoms with Crippen LogP contribution in [0.2, 0.25) is 5.02 Å². The smallest absolute Gasteiger partial charge is 0.386 e. The average Bonchev–Trinajstić information content (AvgIpc) is 3.37. The summed E-state index contributed by atoms with van der Waals surface area (Å²) in [5.74, 6) is 0.732. The Bertz CT molecular complexity index is 1290. The van der Waals surface area contributed by atoms with Gasteiger partial charge in [0.1, 0.15) is 24.6 Å². The Hall–Kier alpha value is -1.76. The van der Waals surface area contributed by atoms with E-state index >= 15 is 0 Å². The SMILES string of the molecule is O=P1(O)OC[C@H]2O[C@@H](n3c(Sc4ccc(Cl)cc4)nc4c(N5CCCCC5)ncnc43)[C@H](O)[C@@H]2O1. The quantitative estimate of drug-likeness (QED) is 0.473. The van der Waals surface area contributed by atoms with Crippen LogP contribution in [0, 0.1) is 0 Å². The standard InChI is InChI=1S/C21H23ClN5O6PS/c22-12-4-6-13(7-5-12)35-21-25-15-18(26-8-2-1-3-9-26)23-11-24-19(15)27(21)20-16(28)17-14(32-20)10-31-34(29,30)33-17/h4-7,11,14,16-17,20,28H,1-3,8-10H2,(H,29,30)/t14-,16-,17-,20-/m1/s1. The third-order valence-electron chi connectivity index (χ3n) is 6.32. The van der Waals surface area contributed by atoms with E-state index in [4.69, 9.17) is 30.4 Å². The molecule has 1 aromatic carbocycles. The van der Waals surface area contributed by atoms with Crippen molar-refractivity contribution in [2.75, 3.05) is 24.6 Å². The van der Waals surface area contributed by atoms with Crippen molar-refractivity contribution in [1.29, 1.82) is 0 Å². The summed E-state index contributed by atoms with van der Waals surface area (Å²) in [5.41, 5.74) is 1.09. The molecule has 3 aliphatic rings. The van der Waals surface area contributed by atoms with Gasteiger partial charge in [0.15, 0.2) is 28.4 Å². The van der Waals surface area contributed by atoms with Crippen LogP contribution in [0.15, 0.2) is 40.6 Å². The summed E-state index contributed by atoms with van der Waals surface area (Å²) in [6, 6.07) is 7.32. The highest BCUT2D eigenvalue weighted by Crippen LogP contribution is 2.53. The van der Waals surface area contributed by atoms with Crippen molar-refractivity contribution in [3.8, 4) is 0 Å². The van der Waals surface area contributed by atoms with Crippen molar-refractivity contribution < 1.29 is 28.3 Å². The van der Waals surface area contributed by atoms with Gasteiger partial charge in [0, 0.05) is 23.0 Å². The van der Waals surface area contributed by atoms with E-state index in [1.165, 1.54) is 24.5 Å². The molecular weight excluding hydrogens is 517 g/mol. The van der Waals surface area contributed by atoms with E-state index in [9.17, 15) is 14.6 Å². The zero-order valence-corrected chi connectivity index (χ0v) is 20.9. The van der Waals surface area contributed by atoms with Gasteiger partial charge in [-0.1, -0.05) is 23.4 Å². The lowest BCUT2D eigenvalue weighted by Crippen LogP contribution is -2.39. The molecule has 0 saturated carbocycles. The van der Waals surface area contributed by atoms with E-state index in [2.05, 4.69) is 14.9 Å². The topological polar surface area (TPSA) is 132 Å². The number of imidazole rings is 1. The molecule has 35 heavy (non-hydrogen) atoms. The van der Waals surface area contributed by atoms with Crippen LogP contribution in [0.5, 0.6) is 0 Å². The molecule has 1 unspecified atom stereocenters. The number of phosphoric acid groups is 1. The third-order valence-corrected chi connectivity index (χ3v) is 8.54. The van der Waals surface area contributed by atoms with Crippen molar-refractivity contribution in [2.45, 2.75) is 53.9 Å². The van der Waals surface area contributed by atoms with Gasteiger partial charge in [-0.15, -0.1) is 0 Å². The van der Waals surface area contributed by atoms with E-state index in [-0.39, 0.29) is 6.61 Å². The Morgan fingerprint density at radius 1 is 1.14 bits per heavy atom. The van der Waals surface area contributed by atoms with Crippen LogP contribution in [0.25, 0.3) is 11.2 Å².